The third-order valence-corrected chi connectivity index (χ3v) is 4.93. The van der Waals surface area contributed by atoms with Crippen LogP contribution in [0, 0.1) is 0 Å². The van der Waals surface area contributed by atoms with Gasteiger partial charge in [-0.1, -0.05) is 18.5 Å². The highest BCUT2D eigenvalue weighted by atomic mass is 79.9. The minimum Gasteiger partial charge on any atom is -0.304 e. The first kappa shape index (κ1) is 16.0. The van der Waals surface area contributed by atoms with E-state index in [0.717, 1.165) is 27.5 Å². The quantitative estimate of drug-likeness (QED) is 0.766. The Kier molecular flexibility index (Phi) is 5.66. The van der Waals surface area contributed by atoms with Crippen molar-refractivity contribution in [3.05, 3.63) is 37.7 Å². The lowest BCUT2D eigenvalue weighted by atomic mass is 10.1. The zero-order chi connectivity index (χ0) is 14.7. The van der Waals surface area contributed by atoms with Crippen LogP contribution in [0.15, 0.2) is 22.8 Å². The highest BCUT2D eigenvalue weighted by Crippen LogP contribution is 2.35. The number of thiophene rings is 1. The molecule has 0 amide bonds. The monoisotopic (exact) mass is 375 g/mol. The summed E-state index contributed by atoms with van der Waals surface area (Å²) in [5.41, 5.74) is 1.16. The maximum Gasteiger partial charge on any atom is 0.0931 e. The van der Waals surface area contributed by atoms with E-state index in [1.165, 1.54) is 4.88 Å². The van der Waals surface area contributed by atoms with Gasteiger partial charge in [0.15, 0.2) is 0 Å². The lowest BCUT2D eigenvalue weighted by Gasteiger charge is -2.21. The SMILES string of the molecule is CCCNC(c1ccc(Cl)s1)c1c(Br)cnn1C(C)C. The van der Waals surface area contributed by atoms with Crippen molar-refractivity contribution in [2.24, 2.45) is 0 Å². The number of nitrogens with one attached hydrogen (secondary N) is 1. The Balaban J connectivity index is 2.43. The molecule has 0 spiro atoms. The van der Waals surface area contributed by atoms with Gasteiger partial charge in [-0.3, -0.25) is 4.68 Å². The van der Waals surface area contributed by atoms with Crippen molar-refractivity contribution >= 4 is 38.9 Å². The molecule has 0 aliphatic rings. The van der Waals surface area contributed by atoms with Gasteiger partial charge in [0.05, 0.1) is 26.7 Å². The van der Waals surface area contributed by atoms with Gasteiger partial charge in [-0.05, 0) is 54.9 Å². The summed E-state index contributed by atoms with van der Waals surface area (Å²) in [7, 11) is 0. The van der Waals surface area contributed by atoms with Crippen molar-refractivity contribution in [2.75, 3.05) is 6.54 Å². The molecule has 0 aliphatic carbocycles. The highest BCUT2D eigenvalue weighted by Gasteiger charge is 2.23. The molecule has 1 unspecified atom stereocenters. The van der Waals surface area contributed by atoms with Gasteiger partial charge in [0.2, 0.25) is 0 Å². The minimum absolute atomic E-state index is 0.117. The number of rotatable bonds is 6. The molecule has 6 heteroatoms. The van der Waals surface area contributed by atoms with Gasteiger partial charge in [0.1, 0.15) is 0 Å². The van der Waals surface area contributed by atoms with E-state index < -0.39 is 0 Å². The first-order valence-corrected chi connectivity index (χ1v) is 8.74. The van der Waals surface area contributed by atoms with Crippen molar-refractivity contribution in [1.82, 2.24) is 15.1 Å². The van der Waals surface area contributed by atoms with Crippen molar-refractivity contribution in [1.29, 1.82) is 0 Å². The summed E-state index contributed by atoms with van der Waals surface area (Å²) in [6, 6.07) is 4.47. The summed E-state index contributed by atoms with van der Waals surface area (Å²) in [4.78, 5) is 1.21. The number of halogens is 2. The van der Waals surface area contributed by atoms with Crippen molar-refractivity contribution < 1.29 is 0 Å². The van der Waals surface area contributed by atoms with Crippen LogP contribution in [0.1, 0.15) is 49.8 Å². The van der Waals surface area contributed by atoms with Crippen molar-refractivity contribution in [2.45, 2.75) is 39.3 Å². The van der Waals surface area contributed by atoms with E-state index >= 15 is 0 Å². The molecule has 1 atom stereocenters. The Hall–Kier alpha value is -0.360. The fourth-order valence-electron chi connectivity index (χ4n) is 2.14. The molecule has 20 heavy (non-hydrogen) atoms. The Morgan fingerprint density at radius 1 is 1.45 bits per heavy atom. The fourth-order valence-corrected chi connectivity index (χ4v) is 3.78. The first-order chi connectivity index (χ1) is 9.54. The van der Waals surface area contributed by atoms with E-state index in [0.29, 0.717) is 6.04 Å². The van der Waals surface area contributed by atoms with Gasteiger partial charge >= 0.3 is 0 Å². The van der Waals surface area contributed by atoms with Crippen molar-refractivity contribution in [3.8, 4) is 0 Å². The lowest BCUT2D eigenvalue weighted by Crippen LogP contribution is -2.26. The smallest absolute Gasteiger partial charge is 0.0931 e. The van der Waals surface area contributed by atoms with Gasteiger partial charge in [0, 0.05) is 10.9 Å². The molecule has 0 saturated carbocycles. The average molecular weight is 377 g/mol. The Labute approximate surface area is 137 Å². The van der Waals surface area contributed by atoms with Crippen LogP contribution in [0.3, 0.4) is 0 Å². The Morgan fingerprint density at radius 3 is 2.75 bits per heavy atom. The predicted molar refractivity (Wildman–Crippen MR) is 89.8 cm³/mol. The third kappa shape index (κ3) is 3.45. The zero-order valence-electron chi connectivity index (χ0n) is 11.9. The Bertz CT molecular complexity index is 565. The van der Waals surface area contributed by atoms with Crippen LogP contribution in [-0.4, -0.2) is 16.3 Å². The number of aromatic nitrogens is 2. The van der Waals surface area contributed by atoms with E-state index in [1.54, 1.807) is 11.3 Å². The molecule has 0 aliphatic heterocycles. The molecular weight excluding hydrogens is 358 g/mol. The van der Waals surface area contributed by atoms with E-state index in [1.807, 2.05) is 12.3 Å². The largest absolute Gasteiger partial charge is 0.304 e. The molecule has 0 radical (unpaired) electrons. The second kappa shape index (κ2) is 7.07. The highest BCUT2D eigenvalue weighted by molar-refractivity contribution is 9.10. The second-order valence-electron chi connectivity index (χ2n) is 4.95. The van der Waals surface area contributed by atoms with E-state index in [2.05, 4.69) is 57.9 Å². The minimum atomic E-state index is 0.117. The van der Waals surface area contributed by atoms with Gasteiger partial charge in [-0.15, -0.1) is 11.3 Å². The molecule has 2 aromatic heterocycles. The van der Waals surface area contributed by atoms with Gasteiger partial charge in [0.25, 0.3) is 0 Å². The molecule has 2 aromatic rings. The standard InChI is InChI=1S/C14H19BrClN3S/c1-4-7-17-13(11-5-6-12(16)20-11)14-10(15)8-18-19(14)9(2)3/h5-6,8-9,13,17H,4,7H2,1-3H3. The maximum atomic E-state index is 6.10. The molecule has 3 nitrogen and oxygen atoms in total. The Morgan fingerprint density at radius 2 is 2.20 bits per heavy atom. The van der Waals surface area contributed by atoms with Crippen LogP contribution in [0.2, 0.25) is 4.34 Å². The maximum absolute atomic E-state index is 6.10. The van der Waals surface area contributed by atoms with E-state index in [4.69, 9.17) is 11.6 Å². The van der Waals surface area contributed by atoms with Gasteiger partial charge in [-0.25, -0.2) is 0 Å². The number of hydrogen-bond acceptors (Lipinski definition) is 3. The molecule has 0 fully saturated rings. The van der Waals surface area contributed by atoms with Crippen molar-refractivity contribution in [3.63, 3.8) is 0 Å². The third-order valence-electron chi connectivity index (χ3n) is 3.03. The van der Waals surface area contributed by atoms with Crippen LogP contribution in [-0.2, 0) is 0 Å². The van der Waals surface area contributed by atoms with E-state index in [9.17, 15) is 0 Å². The summed E-state index contributed by atoms with van der Waals surface area (Å²) in [6.07, 6.45) is 2.95. The van der Waals surface area contributed by atoms with Crippen LogP contribution in [0.25, 0.3) is 0 Å². The zero-order valence-corrected chi connectivity index (χ0v) is 15.0. The summed E-state index contributed by atoms with van der Waals surface area (Å²) >= 11 is 11.3. The average Bonchev–Trinajstić information content (AvgIpc) is 2.98. The molecule has 0 aromatic carbocycles. The van der Waals surface area contributed by atoms with Gasteiger partial charge < -0.3 is 5.32 Å². The first-order valence-electron chi connectivity index (χ1n) is 6.76. The molecule has 1 N–H and O–H groups in total. The molecule has 110 valence electrons. The molecule has 2 rings (SSSR count). The number of nitrogens with zero attached hydrogens (tertiary/aromatic N) is 2. The number of hydrogen-bond donors (Lipinski definition) is 1. The molecule has 0 saturated heterocycles. The lowest BCUT2D eigenvalue weighted by molar-refractivity contribution is 0.473. The molecular formula is C14H19BrClN3S. The summed E-state index contributed by atoms with van der Waals surface area (Å²) in [5.74, 6) is 0. The topological polar surface area (TPSA) is 29.9 Å². The van der Waals surface area contributed by atoms with Crippen LogP contribution >= 0.6 is 38.9 Å². The normalized spacial score (nSPS) is 13.1. The van der Waals surface area contributed by atoms with E-state index in [-0.39, 0.29) is 6.04 Å². The van der Waals surface area contributed by atoms with Crippen LogP contribution in [0.4, 0.5) is 0 Å². The predicted octanol–water partition coefficient (Wildman–Crippen LogP) is 5.03. The fraction of sp³-hybridized carbons (Fsp3) is 0.500. The summed E-state index contributed by atoms with van der Waals surface area (Å²) in [5, 5.41) is 8.08. The van der Waals surface area contributed by atoms with Crippen LogP contribution in [0.5, 0.6) is 0 Å². The van der Waals surface area contributed by atoms with Crippen LogP contribution < -0.4 is 5.32 Å². The molecule has 0 bridgehead atoms. The summed E-state index contributed by atoms with van der Waals surface area (Å²) < 4.78 is 3.91. The van der Waals surface area contributed by atoms with Gasteiger partial charge in [-0.2, -0.15) is 5.10 Å². The molecule has 2 heterocycles. The second-order valence-corrected chi connectivity index (χ2v) is 7.55. The summed E-state index contributed by atoms with van der Waals surface area (Å²) in [6.45, 7) is 7.40.